The lowest BCUT2D eigenvalue weighted by atomic mass is 9.73. The summed E-state index contributed by atoms with van der Waals surface area (Å²) in [6, 6.07) is 1.34. The highest BCUT2D eigenvalue weighted by Crippen LogP contribution is 2.39. The molecule has 1 aliphatic carbocycles. The molecule has 7 atom stereocenters. The maximum absolute atomic E-state index is 10.3. The van der Waals surface area contributed by atoms with Crippen molar-refractivity contribution in [2.24, 2.45) is 17.6 Å². The number of aliphatic hydroxyl groups is 1. The van der Waals surface area contributed by atoms with Crippen molar-refractivity contribution in [1.29, 1.82) is 0 Å². The number of alkyl halides is 2. The van der Waals surface area contributed by atoms with E-state index >= 15 is 0 Å². The fraction of sp³-hybridized carbons (Fsp3) is 1.00. The lowest BCUT2D eigenvalue weighted by molar-refractivity contribution is 0.0397. The quantitative estimate of drug-likeness (QED) is 0.682. The van der Waals surface area contributed by atoms with E-state index in [1.54, 1.807) is 0 Å². The maximum atomic E-state index is 10.3. The van der Waals surface area contributed by atoms with Crippen LogP contribution >= 0.6 is 23.2 Å². The molecule has 0 aromatic carbocycles. The van der Waals surface area contributed by atoms with Gasteiger partial charge in [0.05, 0.1) is 16.9 Å². The summed E-state index contributed by atoms with van der Waals surface area (Å²) in [5.74, 6) is 0.633. The van der Waals surface area contributed by atoms with E-state index in [-0.39, 0.29) is 28.8 Å². The molecule has 2 saturated heterocycles. The zero-order valence-corrected chi connectivity index (χ0v) is 12.7. The molecule has 2 aliphatic heterocycles. The molecular formula is C14H24Cl2N2O. The molecule has 3 nitrogen and oxygen atoms in total. The van der Waals surface area contributed by atoms with E-state index in [1.807, 2.05) is 0 Å². The first-order valence-electron chi connectivity index (χ1n) is 7.52. The molecule has 0 radical (unpaired) electrons. The van der Waals surface area contributed by atoms with E-state index in [1.165, 1.54) is 12.8 Å². The number of piperidine rings is 1. The third-order valence-corrected chi connectivity index (χ3v) is 6.49. The molecular weight excluding hydrogens is 283 g/mol. The summed E-state index contributed by atoms with van der Waals surface area (Å²) in [7, 11) is 0. The molecule has 2 bridgehead atoms. The average Bonchev–Trinajstić information content (AvgIpc) is 2.72. The van der Waals surface area contributed by atoms with Crippen LogP contribution in [0, 0.1) is 11.8 Å². The van der Waals surface area contributed by atoms with Gasteiger partial charge < -0.3 is 16.2 Å². The van der Waals surface area contributed by atoms with Gasteiger partial charge in [-0.3, -0.25) is 0 Å². The molecule has 3 aliphatic rings. The summed E-state index contributed by atoms with van der Waals surface area (Å²) in [6.07, 6.45) is 5.80. The highest BCUT2D eigenvalue weighted by molar-refractivity contribution is 6.30. The van der Waals surface area contributed by atoms with Crippen molar-refractivity contribution in [3.63, 3.8) is 0 Å². The minimum absolute atomic E-state index is 0.0560. The highest BCUT2D eigenvalue weighted by Gasteiger charge is 2.43. The Morgan fingerprint density at radius 1 is 1.00 bits per heavy atom. The molecule has 2 heterocycles. The van der Waals surface area contributed by atoms with Crippen molar-refractivity contribution in [3.05, 3.63) is 0 Å². The van der Waals surface area contributed by atoms with Crippen LogP contribution in [0.15, 0.2) is 0 Å². The Balaban J connectivity index is 1.64. The maximum Gasteiger partial charge on any atom is 0.0598 e. The SMILES string of the molecule is NC(C1CC2CCC(C1)N2)C1CC(Cl)C(Cl)CC1O. The van der Waals surface area contributed by atoms with Gasteiger partial charge in [-0.2, -0.15) is 0 Å². The minimum atomic E-state index is -0.389. The summed E-state index contributed by atoms with van der Waals surface area (Å²) in [4.78, 5) is 0. The number of rotatable bonds is 2. The molecule has 4 N–H and O–H groups in total. The predicted octanol–water partition coefficient (Wildman–Crippen LogP) is 1.83. The summed E-state index contributed by atoms with van der Waals surface area (Å²) >= 11 is 12.4. The number of aliphatic hydroxyl groups excluding tert-OH is 1. The van der Waals surface area contributed by atoms with Gasteiger partial charge in [-0.15, -0.1) is 23.2 Å². The van der Waals surface area contributed by atoms with Crippen LogP contribution in [0.2, 0.25) is 0 Å². The van der Waals surface area contributed by atoms with Crippen LogP contribution in [0.4, 0.5) is 0 Å². The zero-order chi connectivity index (χ0) is 13.6. The van der Waals surface area contributed by atoms with Gasteiger partial charge in [-0.1, -0.05) is 0 Å². The van der Waals surface area contributed by atoms with Crippen LogP contribution in [-0.2, 0) is 0 Å². The lowest BCUT2D eigenvalue weighted by Gasteiger charge is -2.42. The molecule has 0 spiro atoms. The molecule has 0 aromatic rings. The normalized spacial score (nSPS) is 52.1. The van der Waals surface area contributed by atoms with Crippen molar-refractivity contribution in [3.8, 4) is 0 Å². The van der Waals surface area contributed by atoms with Crippen LogP contribution < -0.4 is 11.1 Å². The van der Waals surface area contributed by atoms with E-state index in [4.69, 9.17) is 28.9 Å². The number of nitrogens with two attached hydrogens (primary N) is 1. The standard InChI is InChI=1S/C14H24Cl2N2O/c15-11-5-10(13(19)6-12(11)16)14(17)7-3-8-1-2-9(4-7)18-8/h7-14,18-19H,1-6,17H2. The Hall–Kier alpha value is 0.460. The molecule has 3 fully saturated rings. The Labute approximate surface area is 125 Å². The highest BCUT2D eigenvalue weighted by atomic mass is 35.5. The number of hydrogen-bond acceptors (Lipinski definition) is 3. The van der Waals surface area contributed by atoms with Gasteiger partial charge in [0.1, 0.15) is 0 Å². The molecule has 0 aromatic heterocycles. The van der Waals surface area contributed by atoms with Gasteiger partial charge >= 0.3 is 0 Å². The molecule has 5 heteroatoms. The third kappa shape index (κ3) is 2.91. The van der Waals surface area contributed by atoms with Crippen LogP contribution in [0.25, 0.3) is 0 Å². The second kappa shape index (κ2) is 5.69. The largest absolute Gasteiger partial charge is 0.393 e. The molecule has 3 rings (SSSR count). The first kappa shape index (κ1) is 14.4. The lowest BCUT2D eigenvalue weighted by Crippen LogP contribution is -2.52. The monoisotopic (exact) mass is 306 g/mol. The summed E-state index contributed by atoms with van der Waals surface area (Å²) < 4.78 is 0. The number of hydrogen-bond donors (Lipinski definition) is 3. The molecule has 1 saturated carbocycles. The Kier molecular flexibility index (Phi) is 4.31. The molecule has 7 unspecified atom stereocenters. The molecule has 0 amide bonds. The van der Waals surface area contributed by atoms with E-state index in [9.17, 15) is 5.11 Å². The number of nitrogens with one attached hydrogen (secondary N) is 1. The van der Waals surface area contributed by atoms with Crippen molar-refractivity contribution in [2.75, 3.05) is 0 Å². The number of fused-ring (bicyclic) bond motifs is 2. The minimum Gasteiger partial charge on any atom is -0.393 e. The van der Waals surface area contributed by atoms with E-state index in [2.05, 4.69) is 5.32 Å². The Morgan fingerprint density at radius 2 is 1.58 bits per heavy atom. The molecule has 110 valence electrons. The van der Waals surface area contributed by atoms with Crippen LogP contribution in [-0.4, -0.2) is 40.1 Å². The van der Waals surface area contributed by atoms with Crippen LogP contribution in [0.3, 0.4) is 0 Å². The summed E-state index contributed by atoms with van der Waals surface area (Å²) in [5.41, 5.74) is 6.48. The van der Waals surface area contributed by atoms with Gasteiger partial charge in [-0.05, 0) is 44.4 Å². The fourth-order valence-electron chi connectivity index (χ4n) is 4.30. The van der Waals surface area contributed by atoms with E-state index in [0.29, 0.717) is 24.4 Å². The van der Waals surface area contributed by atoms with Crippen LogP contribution in [0.1, 0.15) is 38.5 Å². The van der Waals surface area contributed by atoms with Crippen molar-refractivity contribution in [1.82, 2.24) is 5.32 Å². The van der Waals surface area contributed by atoms with Crippen molar-refractivity contribution < 1.29 is 5.11 Å². The predicted molar refractivity (Wildman–Crippen MR) is 78.7 cm³/mol. The summed E-state index contributed by atoms with van der Waals surface area (Å²) in [5, 5.41) is 13.7. The topological polar surface area (TPSA) is 58.3 Å². The van der Waals surface area contributed by atoms with Gasteiger partial charge in [0, 0.05) is 24.0 Å². The smallest absolute Gasteiger partial charge is 0.0598 e. The average molecular weight is 307 g/mol. The second-order valence-electron chi connectivity index (χ2n) is 6.68. The fourth-order valence-corrected chi connectivity index (χ4v) is 4.89. The van der Waals surface area contributed by atoms with E-state index < -0.39 is 0 Å². The van der Waals surface area contributed by atoms with Crippen LogP contribution in [0.5, 0.6) is 0 Å². The zero-order valence-electron chi connectivity index (χ0n) is 11.1. The first-order valence-corrected chi connectivity index (χ1v) is 8.39. The van der Waals surface area contributed by atoms with Gasteiger partial charge in [-0.25, -0.2) is 0 Å². The second-order valence-corrected chi connectivity index (χ2v) is 7.80. The van der Waals surface area contributed by atoms with Crippen molar-refractivity contribution >= 4 is 23.2 Å². The van der Waals surface area contributed by atoms with Gasteiger partial charge in [0.2, 0.25) is 0 Å². The van der Waals surface area contributed by atoms with Crippen molar-refractivity contribution in [2.45, 2.75) is 73.5 Å². The Morgan fingerprint density at radius 3 is 2.21 bits per heavy atom. The van der Waals surface area contributed by atoms with E-state index in [0.717, 1.165) is 19.3 Å². The first-order chi connectivity index (χ1) is 9.04. The van der Waals surface area contributed by atoms with Gasteiger partial charge in [0.25, 0.3) is 0 Å². The van der Waals surface area contributed by atoms with Gasteiger partial charge in [0.15, 0.2) is 0 Å². The third-order valence-electron chi connectivity index (χ3n) is 5.40. The summed E-state index contributed by atoms with van der Waals surface area (Å²) in [6.45, 7) is 0. The Bertz CT molecular complexity index is 319. The molecule has 19 heavy (non-hydrogen) atoms. The number of halogens is 2.